The van der Waals surface area contributed by atoms with Gasteiger partial charge in [-0.15, -0.1) is 0 Å². The third-order valence-electron chi connectivity index (χ3n) is 7.31. The van der Waals surface area contributed by atoms with Crippen LogP contribution in [0.4, 0.5) is 0 Å². The Kier molecular flexibility index (Phi) is 5.38. The number of benzene rings is 1. The van der Waals surface area contributed by atoms with Crippen LogP contribution in [0.5, 0.6) is 0 Å². The number of hydrogen-bond donors (Lipinski definition) is 2. The Hall–Kier alpha value is -2.49. The van der Waals surface area contributed by atoms with Crippen molar-refractivity contribution in [3.63, 3.8) is 0 Å². The van der Waals surface area contributed by atoms with Gasteiger partial charge in [0.05, 0.1) is 11.0 Å². The molecule has 1 aromatic carbocycles. The van der Waals surface area contributed by atoms with E-state index in [4.69, 9.17) is 4.11 Å². The second-order valence-electron chi connectivity index (χ2n) is 9.55. The van der Waals surface area contributed by atoms with Gasteiger partial charge >= 0.3 is 5.69 Å². The standard InChI is InChI=1S/C24H34N6O3/c1-27-21-14-18(16-29-12-10-28(11-13-29)15-17-6-8-25-9-7-17)2-3-19(21)30(24(27)33)20-4-5-22(31)26-23(20)32/h2-3,14,17,20,25H,4-13,15-16H2,1H3,(H,26,31,32)/i1D3. The van der Waals surface area contributed by atoms with Crippen molar-refractivity contribution in [1.29, 1.82) is 0 Å². The summed E-state index contributed by atoms with van der Waals surface area (Å²) in [7, 11) is 0. The molecular formula is C24H34N6O3. The number of nitrogens with one attached hydrogen (secondary N) is 2. The topological polar surface area (TPSA) is 91.6 Å². The normalized spacial score (nSPS) is 25.6. The molecule has 1 aromatic heterocycles. The maximum absolute atomic E-state index is 13.2. The van der Waals surface area contributed by atoms with E-state index in [1.807, 2.05) is 6.07 Å². The number of nitrogens with zero attached hydrogens (tertiary/aromatic N) is 4. The molecule has 0 spiro atoms. The number of rotatable bonds is 5. The van der Waals surface area contributed by atoms with Crippen LogP contribution in [0.25, 0.3) is 11.0 Å². The summed E-state index contributed by atoms with van der Waals surface area (Å²) in [6.45, 7) is 5.24. The lowest BCUT2D eigenvalue weighted by molar-refractivity contribution is -0.135. The maximum Gasteiger partial charge on any atom is 0.329 e. The SMILES string of the molecule is [2H]C([2H])([2H])n1c(=O)n(C2CCC(=O)NC2=O)c2ccc(CN3CCN(CC4CCNCC4)CC3)cc21. The van der Waals surface area contributed by atoms with Crippen LogP contribution in [0.3, 0.4) is 0 Å². The minimum absolute atomic E-state index is 0.102. The highest BCUT2D eigenvalue weighted by Gasteiger charge is 2.31. The van der Waals surface area contributed by atoms with E-state index in [1.165, 1.54) is 17.4 Å². The molecule has 9 nitrogen and oxygen atoms in total. The highest BCUT2D eigenvalue weighted by molar-refractivity contribution is 6.00. The molecule has 33 heavy (non-hydrogen) atoms. The molecule has 5 rings (SSSR count). The first kappa shape index (κ1) is 18.9. The minimum Gasteiger partial charge on any atom is -0.317 e. The fourth-order valence-corrected chi connectivity index (χ4v) is 5.41. The van der Waals surface area contributed by atoms with Gasteiger partial charge < -0.3 is 10.2 Å². The zero-order chi connectivity index (χ0) is 25.4. The summed E-state index contributed by atoms with van der Waals surface area (Å²) in [5.74, 6) is -0.198. The Bertz CT molecular complexity index is 1190. The van der Waals surface area contributed by atoms with Crippen molar-refractivity contribution in [2.45, 2.75) is 38.3 Å². The number of imidazole rings is 1. The number of imide groups is 1. The summed E-state index contributed by atoms with van der Waals surface area (Å²) in [5, 5.41) is 5.68. The van der Waals surface area contributed by atoms with Gasteiger partial charge in [0.1, 0.15) is 6.04 Å². The third-order valence-corrected chi connectivity index (χ3v) is 7.31. The molecule has 3 saturated heterocycles. The van der Waals surface area contributed by atoms with Crippen LogP contribution in [0.1, 0.15) is 41.4 Å². The van der Waals surface area contributed by atoms with Crippen LogP contribution < -0.4 is 16.3 Å². The number of aromatic nitrogens is 2. The van der Waals surface area contributed by atoms with Crippen molar-refractivity contribution in [1.82, 2.24) is 29.6 Å². The smallest absolute Gasteiger partial charge is 0.317 e. The van der Waals surface area contributed by atoms with E-state index in [9.17, 15) is 14.4 Å². The predicted octanol–water partition coefficient (Wildman–Crippen LogP) is 0.435. The van der Waals surface area contributed by atoms with E-state index in [1.54, 1.807) is 12.1 Å². The monoisotopic (exact) mass is 457 g/mol. The lowest BCUT2D eigenvalue weighted by atomic mass is 9.97. The van der Waals surface area contributed by atoms with Crippen LogP contribution in [0.15, 0.2) is 23.0 Å². The summed E-state index contributed by atoms with van der Waals surface area (Å²) in [5.41, 5.74) is 0.837. The van der Waals surface area contributed by atoms with Gasteiger partial charge in [-0.2, -0.15) is 0 Å². The average molecular weight is 458 g/mol. The zero-order valence-electron chi connectivity index (χ0n) is 21.9. The largest absolute Gasteiger partial charge is 0.329 e. The van der Waals surface area contributed by atoms with Crippen molar-refractivity contribution >= 4 is 22.8 Å². The van der Waals surface area contributed by atoms with Crippen molar-refractivity contribution in [3.8, 4) is 0 Å². The summed E-state index contributed by atoms with van der Waals surface area (Å²) < 4.78 is 25.9. The molecule has 3 aliphatic heterocycles. The van der Waals surface area contributed by atoms with E-state index >= 15 is 0 Å². The molecule has 0 aliphatic carbocycles. The number of hydrogen-bond acceptors (Lipinski definition) is 6. The number of amides is 2. The van der Waals surface area contributed by atoms with Gasteiger partial charge in [-0.25, -0.2) is 4.79 Å². The maximum atomic E-state index is 13.2. The van der Waals surface area contributed by atoms with Gasteiger partial charge in [0.15, 0.2) is 0 Å². The fourth-order valence-electron chi connectivity index (χ4n) is 5.41. The van der Waals surface area contributed by atoms with E-state index in [0.717, 1.165) is 61.9 Å². The third kappa shape index (κ3) is 4.62. The van der Waals surface area contributed by atoms with Gasteiger partial charge in [0.25, 0.3) is 0 Å². The first-order valence-corrected chi connectivity index (χ1v) is 12.0. The second-order valence-corrected chi connectivity index (χ2v) is 9.55. The first-order valence-electron chi connectivity index (χ1n) is 13.5. The molecule has 0 radical (unpaired) electrons. The molecule has 178 valence electrons. The summed E-state index contributed by atoms with van der Waals surface area (Å²) in [6, 6.07) is 4.47. The van der Waals surface area contributed by atoms with E-state index in [2.05, 4.69) is 20.4 Å². The Balaban J connectivity index is 1.34. The minimum atomic E-state index is -2.69. The highest BCUT2D eigenvalue weighted by Crippen LogP contribution is 2.24. The van der Waals surface area contributed by atoms with Gasteiger partial charge in [0, 0.05) is 56.8 Å². The highest BCUT2D eigenvalue weighted by atomic mass is 16.2. The number of aryl methyl sites for hydroxylation is 1. The number of carbonyl (C=O) groups is 2. The number of fused-ring (bicyclic) bond motifs is 1. The molecule has 1 unspecified atom stereocenters. The molecule has 2 aromatic rings. The van der Waals surface area contributed by atoms with E-state index in [-0.39, 0.29) is 24.3 Å². The molecule has 1 atom stereocenters. The van der Waals surface area contributed by atoms with Gasteiger partial charge in [0.2, 0.25) is 11.8 Å². The Morgan fingerprint density at radius 3 is 2.48 bits per heavy atom. The first-order chi connectivity index (χ1) is 17.2. The van der Waals surface area contributed by atoms with Crippen LogP contribution in [-0.4, -0.2) is 76.6 Å². The summed E-state index contributed by atoms with van der Waals surface area (Å²) in [6.07, 6.45) is 2.74. The zero-order valence-corrected chi connectivity index (χ0v) is 18.9. The molecule has 2 N–H and O–H groups in total. The number of carbonyl (C=O) groups excluding carboxylic acids is 2. The van der Waals surface area contributed by atoms with Crippen molar-refractivity contribution in [2.75, 3.05) is 45.8 Å². The average Bonchev–Trinajstić information content (AvgIpc) is 3.12. The summed E-state index contributed by atoms with van der Waals surface area (Å²) in [4.78, 5) is 42.2. The molecule has 4 heterocycles. The number of piperazine rings is 1. The molecule has 9 heteroatoms. The van der Waals surface area contributed by atoms with Crippen molar-refractivity contribution < 1.29 is 13.7 Å². The van der Waals surface area contributed by atoms with Crippen LogP contribution in [-0.2, 0) is 23.1 Å². The fraction of sp³-hybridized carbons (Fsp3) is 0.625. The Morgan fingerprint density at radius 2 is 1.76 bits per heavy atom. The number of piperidine rings is 2. The van der Waals surface area contributed by atoms with Gasteiger partial charge in [-0.1, -0.05) is 6.07 Å². The second kappa shape index (κ2) is 9.40. The quantitative estimate of drug-likeness (QED) is 0.633. The van der Waals surface area contributed by atoms with Gasteiger partial charge in [-0.05, 0) is 56.0 Å². The van der Waals surface area contributed by atoms with Crippen molar-refractivity contribution in [3.05, 3.63) is 34.2 Å². The molecule has 3 fully saturated rings. The van der Waals surface area contributed by atoms with Crippen molar-refractivity contribution in [2.24, 2.45) is 12.9 Å². The van der Waals surface area contributed by atoms with E-state index < -0.39 is 24.6 Å². The van der Waals surface area contributed by atoms with Crippen LogP contribution in [0.2, 0.25) is 0 Å². The lowest BCUT2D eigenvalue weighted by Crippen LogP contribution is -2.48. The molecule has 3 aliphatic rings. The van der Waals surface area contributed by atoms with Gasteiger partial charge in [-0.3, -0.25) is 28.9 Å². The van der Waals surface area contributed by atoms with Crippen LogP contribution in [0, 0.1) is 5.92 Å². The predicted molar refractivity (Wildman–Crippen MR) is 126 cm³/mol. The van der Waals surface area contributed by atoms with Crippen LogP contribution >= 0.6 is 0 Å². The molecule has 2 amide bonds. The summed E-state index contributed by atoms with van der Waals surface area (Å²) >= 11 is 0. The Labute approximate surface area is 197 Å². The Morgan fingerprint density at radius 1 is 1.00 bits per heavy atom. The molecule has 0 bridgehead atoms. The van der Waals surface area contributed by atoms with E-state index in [0.29, 0.717) is 12.1 Å². The molecule has 0 saturated carbocycles. The lowest BCUT2D eigenvalue weighted by Gasteiger charge is -2.37. The molecular weight excluding hydrogens is 420 g/mol.